The number of rotatable bonds is 6. The Morgan fingerprint density at radius 3 is 2.60 bits per heavy atom. The van der Waals surface area contributed by atoms with E-state index in [2.05, 4.69) is 19.2 Å². The first-order valence-corrected chi connectivity index (χ1v) is 7.38. The van der Waals surface area contributed by atoms with E-state index >= 15 is 0 Å². The number of hydrogen-bond donors (Lipinski definition) is 1. The van der Waals surface area contributed by atoms with Crippen LogP contribution in [-0.2, 0) is 17.9 Å². The molecule has 0 aliphatic rings. The molecule has 0 fully saturated rings. The standard InChI is InChI=1S/C15H19Cl2NO2/c1-9(2)6-18-7-13-10(8-19-3)14-11(16)4-5-12(17)15(14)20-13/h4-5,9,18H,6-8H2,1-3H3. The zero-order chi connectivity index (χ0) is 14.7. The molecule has 0 spiro atoms. The van der Waals surface area contributed by atoms with E-state index in [1.165, 1.54) is 0 Å². The van der Waals surface area contributed by atoms with E-state index < -0.39 is 0 Å². The third-order valence-electron chi connectivity index (χ3n) is 3.05. The van der Waals surface area contributed by atoms with Crippen molar-refractivity contribution in [1.29, 1.82) is 0 Å². The Labute approximate surface area is 129 Å². The maximum Gasteiger partial charge on any atom is 0.154 e. The van der Waals surface area contributed by atoms with Crippen LogP contribution in [0, 0.1) is 5.92 Å². The van der Waals surface area contributed by atoms with E-state index in [0.717, 1.165) is 23.3 Å². The Morgan fingerprint density at radius 1 is 1.25 bits per heavy atom. The monoisotopic (exact) mass is 315 g/mol. The predicted octanol–water partition coefficient (Wildman–Crippen LogP) is 4.63. The van der Waals surface area contributed by atoms with Gasteiger partial charge in [-0.1, -0.05) is 37.0 Å². The van der Waals surface area contributed by atoms with E-state index in [1.54, 1.807) is 19.2 Å². The van der Waals surface area contributed by atoms with Gasteiger partial charge in [0.25, 0.3) is 0 Å². The Bertz CT molecular complexity index is 593. The summed E-state index contributed by atoms with van der Waals surface area (Å²) in [5.41, 5.74) is 1.60. The second-order valence-corrected chi connectivity index (χ2v) is 6.01. The molecule has 0 aliphatic heterocycles. The SMILES string of the molecule is COCc1c(CNCC(C)C)oc2c(Cl)ccc(Cl)c12. The van der Waals surface area contributed by atoms with Crippen LogP contribution < -0.4 is 5.32 Å². The Kier molecular flexibility index (Phi) is 5.33. The normalized spacial score (nSPS) is 11.7. The molecule has 2 aromatic rings. The smallest absolute Gasteiger partial charge is 0.154 e. The van der Waals surface area contributed by atoms with Crippen LogP contribution in [0.15, 0.2) is 16.5 Å². The van der Waals surface area contributed by atoms with E-state index in [-0.39, 0.29) is 0 Å². The van der Waals surface area contributed by atoms with Crippen molar-refractivity contribution in [3.05, 3.63) is 33.5 Å². The summed E-state index contributed by atoms with van der Waals surface area (Å²) in [6, 6.07) is 3.53. The Hall–Kier alpha value is -0.740. The third-order valence-corrected chi connectivity index (χ3v) is 3.66. The maximum atomic E-state index is 6.27. The van der Waals surface area contributed by atoms with Gasteiger partial charge in [0, 0.05) is 18.1 Å². The predicted molar refractivity (Wildman–Crippen MR) is 83.5 cm³/mol. The highest BCUT2D eigenvalue weighted by molar-refractivity contribution is 6.40. The largest absolute Gasteiger partial charge is 0.458 e. The summed E-state index contributed by atoms with van der Waals surface area (Å²) in [5, 5.41) is 5.41. The minimum Gasteiger partial charge on any atom is -0.458 e. The van der Waals surface area contributed by atoms with Crippen LogP contribution in [0.2, 0.25) is 10.0 Å². The quantitative estimate of drug-likeness (QED) is 0.843. The Morgan fingerprint density at radius 2 is 1.95 bits per heavy atom. The number of nitrogens with one attached hydrogen (secondary N) is 1. The zero-order valence-corrected chi connectivity index (χ0v) is 13.4. The molecular weight excluding hydrogens is 297 g/mol. The third kappa shape index (κ3) is 3.29. The molecule has 1 heterocycles. The van der Waals surface area contributed by atoms with Gasteiger partial charge in [-0.3, -0.25) is 0 Å². The fraction of sp³-hybridized carbons (Fsp3) is 0.467. The van der Waals surface area contributed by atoms with Crippen LogP contribution in [0.1, 0.15) is 25.2 Å². The van der Waals surface area contributed by atoms with Crippen molar-refractivity contribution in [2.75, 3.05) is 13.7 Å². The van der Waals surface area contributed by atoms with Gasteiger partial charge in [0.1, 0.15) is 5.76 Å². The highest BCUT2D eigenvalue weighted by atomic mass is 35.5. The summed E-state index contributed by atoms with van der Waals surface area (Å²) < 4.78 is 11.2. The van der Waals surface area contributed by atoms with Crippen molar-refractivity contribution < 1.29 is 9.15 Å². The van der Waals surface area contributed by atoms with Crippen molar-refractivity contribution >= 4 is 34.2 Å². The minimum atomic E-state index is 0.450. The van der Waals surface area contributed by atoms with Crippen molar-refractivity contribution in [3.63, 3.8) is 0 Å². The van der Waals surface area contributed by atoms with Gasteiger partial charge in [-0.25, -0.2) is 0 Å². The van der Waals surface area contributed by atoms with Crippen LogP contribution >= 0.6 is 23.2 Å². The number of methoxy groups -OCH3 is 1. The molecule has 5 heteroatoms. The first-order valence-electron chi connectivity index (χ1n) is 6.62. The van der Waals surface area contributed by atoms with Crippen molar-refractivity contribution in [2.24, 2.45) is 5.92 Å². The highest BCUT2D eigenvalue weighted by Gasteiger charge is 2.18. The number of halogens is 2. The van der Waals surface area contributed by atoms with Gasteiger partial charge in [0.2, 0.25) is 0 Å². The number of fused-ring (bicyclic) bond motifs is 1. The molecule has 0 saturated carbocycles. The summed E-state index contributed by atoms with van der Waals surface area (Å²) in [5.74, 6) is 1.41. The number of furan rings is 1. The molecule has 110 valence electrons. The van der Waals surface area contributed by atoms with Gasteiger partial charge in [-0.15, -0.1) is 0 Å². The lowest BCUT2D eigenvalue weighted by atomic mass is 10.1. The molecule has 0 radical (unpaired) electrons. The van der Waals surface area contributed by atoms with E-state index in [0.29, 0.717) is 34.7 Å². The summed E-state index contributed by atoms with van der Waals surface area (Å²) in [4.78, 5) is 0. The summed E-state index contributed by atoms with van der Waals surface area (Å²) >= 11 is 12.5. The lowest BCUT2D eigenvalue weighted by molar-refractivity contribution is 0.183. The maximum absolute atomic E-state index is 6.27. The topological polar surface area (TPSA) is 34.4 Å². The fourth-order valence-electron chi connectivity index (χ4n) is 2.15. The summed E-state index contributed by atoms with van der Waals surface area (Å²) in [6.07, 6.45) is 0. The molecule has 20 heavy (non-hydrogen) atoms. The van der Waals surface area contributed by atoms with Crippen LogP contribution in [0.25, 0.3) is 11.0 Å². The second kappa shape index (κ2) is 6.81. The van der Waals surface area contributed by atoms with Crippen LogP contribution in [0.5, 0.6) is 0 Å². The van der Waals surface area contributed by atoms with Crippen LogP contribution in [-0.4, -0.2) is 13.7 Å². The number of hydrogen-bond acceptors (Lipinski definition) is 3. The lowest BCUT2D eigenvalue weighted by Gasteiger charge is -2.07. The highest BCUT2D eigenvalue weighted by Crippen LogP contribution is 2.36. The van der Waals surface area contributed by atoms with Gasteiger partial charge < -0.3 is 14.5 Å². The minimum absolute atomic E-state index is 0.450. The average molecular weight is 316 g/mol. The molecule has 0 unspecified atom stereocenters. The molecule has 0 aliphatic carbocycles. The van der Waals surface area contributed by atoms with E-state index in [4.69, 9.17) is 32.4 Å². The molecule has 0 atom stereocenters. The van der Waals surface area contributed by atoms with Crippen molar-refractivity contribution in [2.45, 2.75) is 27.0 Å². The molecule has 0 amide bonds. The van der Waals surface area contributed by atoms with Gasteiger partial charge in [-0.05, 0) is 24.6 Å². The van der Waals surface area contributed by atoms with Gasteiger partial charge >= 0.3 is 0 Å². The second-order valence-electron chi connectivity index (χ2n) is 5.19. The lowest BCUT2D eigenvalue weighted by Crippen LogP contribution is -2.19. The van der Waals surface area contributed by atoms with Crippen LogP contribution in [0.4, 0.5) is 0 Å². The summed E-state index contributed by atoms with van der Waals surface area (Å²) in [7, 11) is 1.66. The van der Waals surface area contributed by atoms with Gasteiger partial charge in [0.05, 0.1) is 23.2 Å². The number of ether oxygens (including phenoxy) is 1. The average Bonchev–Trinajstić information content (AvgIpc) is 2.75. The molecule has 1 N–H and O–H groups in total. The molecule has 0 saturated heterocycles. The first kappa shape index (κ1) is 15.6. The van der Waals surface area contributed by atoms with Crippen molar-refractivity contribution in [3.8, 4) is 0 Å². The molecule has 1 aromatic carbocycles. The fourth-order valence-corrected chi connectivity index (χ4v) is 2.61. The van der Waals surface area contributed by atoms with Gasteiger partial charge in [0.15, 0.2) is 5.58 Å². The zero-order valence-electron chi connectivity index (χ0n) is 11.9. The molecule has 2 rings (SSSR count). The number of benzene rings is 1. The van der Waals surface area contributed by atoms with Crippen LogP contribution in [0.3, 0.4) is 0 Å². The Balaban J connectivity index is 2.40. The molecule has 3 nitrogen and oxygen atoms in total. The molecule has 0 bridgehead atoms. The van der Waals surface area contributed by atoms with E-state index in [9.17, 15) is 0 Å². The molecular formula is C15H19Cl2NO2. The van der Waals surface area contributed by atoms with Crippen molar-refractivity contribution in [1.82, 2.24) is 5.32 Å². The molecule has 1 aromatic heterocycles. The first-order chi connectivity index (χ1) is 9.54. The summed E-state index contributed by atoms with van der Waals surface area (Å²) in [6.45, 7) is 6.33. The van der Waals surface area contributed by atoms with Gasteiger partial charge in [-0.2, -0.15) is 0 Å². The van der Waals surface area contributed by atoms with E-state index in [1.807, 2.05) is 0 Å².